The van der Waals surface area contributed by atoms with E-state index in [9.17, 15) is 16.8 Å². The molecule has 0 saturated carbocycles. The first-order valence-corrected chi connectivity index (χ1v) is 9.94. The zero-order chi connectivity index (χ0) is 15.7. The third kappa shape index (κ3) is 3.84. The first-order chi connectivity index (χ1) is 9.70. The van der Waals surface area contributed by atoms with Crippen molar-refractivity contribution in [3.63, 3.8) is 0 Å². The molecule has 0 aliphatic rings. The monoisotopic (exact) mass is 389 g/mol. The molecule has 2 aromatic carbocycles. The lowest BCUT2D eigenvalue weighted by atomic mass is 10.3. The molecule has 2 aromatic rings. The van der Waals surface area contributed by atoms with Crippen molar-refractivity contribution in [3.05, 3.63) is 53.0 Å². The Balaban J connectivity index is 2.45. The number of anilines is 1. The van der Waals surface area contributed by atoms with E-state index in [0.29, 0.717) is 0 Å². The predicted octanol–water partition coefficient (Wildman–Crippen LogP) is 2.65. The van der Waals surface area contributed by atoms with Crippen molar-refractivity contribution in [3.8, 4) is 0 Å². The molecule has 0 atom stereocenters. The van der Waals surface area contributed by atoms with Gasteiger partial charge in [0.2, 0.25) is 0 Å². The van der Waals surface area contributed by atoms with Crippen LogP contribution in [0.3, 0.4) is 0 Å². The molecule has 0 fully saturated rings. The number of sulfone groups is 1. The van der Waals surface area contributed by atoms with E-state index in [2.05, 4.69) is 20.7 Å². The number of benzene rings is 2. The van der Waals surface area contributed by atoms with Gasteiger partial charge in [-0.2, -0.15) is 0 Å². The second-order valence-corrected chi connectivity index (χ2v) is 8.91. The SMILES string of the molecule is CS(=O)(=O)c1ccccc1NS(=O)(=O)c1ccc(Br)cc1. The average Bonchev–Trinajstić information content (AvgIpc) is 2.38. The molecule has 0 aliphatic heterocycles. The van der Waals surface area contributed by atoms with Crippen LogP contribution < -0.4 is 4.72 Å². The van der Waals surface area contributed by atoms with Crippen molar-refractivity contribution in [2.75, 3.05) is 11.0 Å². The Kier molecular flexibility index (Phi) is 4.40. The molecule has 2 rings (SSSR count). The number of rotatable bonds is 4. The molecule has 0 bridgehead atoms. The van der Waals surface area contributed by atoms with Crippen LogP contribution in [0.2, 0.25) is 0 Å². The van der Waals surface area contributed by atoms with Crippen LogP contribution in [0.5, 0.6) is 0 Å². The minimum atomic E-state index is -3.85. The Morgan fingerprint density at radius 2 is 1.48 bits per heavy atom. The van der Waals surface area contributed by atoms with Crippen molar-refractivity contribution in [1.29, 1.82) is 0 Å². The molecule has 0 aromatic heterocycles. The fraction of sp³-hybridized carbons (Fsp3) is 0.0769. The molecule has 0 unspecified atom stereocenters. The molecule has 8 heteroatoms. The molecule has 0 heterocycles. The van der Waals surface area contributed by atoms with Gasteiger partial charge in [-0.1, -0.05) is 28.1 Å². The van der Waals surface area contributed by atoms with Gasteiger partial charge in [0.25, 0.3) is 10.0 Å². The van der Waals surface area contributed by atoms with Crippen molar-refractivity contribution in [1.82, 2.24) is 0 Å². The number of hydrogen-bond donors (Lipinski definition) is 1. The van der Waals surface area contributed by atoms with Crippen molar-refractivity contribution < 1.29 is 16.8 Å². The predicted molar refractivity (Wildman–Crippen MR) is 84.5 cm³/mol. The molecular formula is C13H12BrNO4S2. The van der Waals surface area contributed by atoms with Crippen molar-refractivity contribution in [2.45, 2.75) is 9.79 Å². The van der Waals surface area contributed by atoms with Gasteiger partial charge >= 0.3 is 0 Å². The number of sulfonamides is 1. The maximum atomic E-state index is 12.3. The summed E-state index contributed by atoms with van der Waals surface area (Å²) in [6.07, 6.45) is 1.03. The third-order valence-corrected chi connectivity index (χ3v) is 5.72. The maximum Gasteiger partial charge on any atom is 0.261 e. The van der Waals surface area contributed by atoms with E-state index in [1.807, 2.05) is 0 Å². The van der Waals surface area contributed by atoms with Crippen LogP contribution >= 0.6 is 15.9 Å². The molecule has 0 amide bonds. The Hall–Kier alpha value is -1.38. The van der Waals surface area contributed by atoms with Crippen LogP contribution in [0, 0.1) is 0 Å². The summed E-state index contributed by atoms with van der Waals surface area (Å²) < 4.78 is 51.0. The highest BCUT2D eigenvalue weighted by Gasteiger charge is 2.19. The van der Waals surface area contributed by atoms with Gasteiger partial charge in [-0.25, -0.2) is 16.8 Å². The zero-order valence-corrected chi connectivity index (χ0v) is 14.2. The number of hydrogen-bond acceptors (Lipinski definition) is 4. The summed E-state index contributed by atoms with van der Waals surface area (Å²) in [4.78, 5) is -0.0142. The Morgan fingerprint density at radius 1 is 0.905 bits per heavy atom. The van der Waals surface area contributed by atoms with E-state index in [4.69, 9.17) is 0 Å². The summed E-state index contributed by atoms with van der Waals surface area (Å²) in [7, 11) is -7.38. The maximum absolute atomic E-state index is 12.3. The topological polar surface area (TPSA) is 80.3 Å². The number of para-hydroxylation sites is 1. The summed E-state index contributed by atoms with van der Waals surface area (Å²) in [5.41, 5.74) is 0.0305. The molecule has 5 nitrogen and oxygen atoms in total. The van der Waals surface area contributed by atoms with Gasteiger partial charge in [0.1, 0.15) is 0 Å². The van der Waals surface area contributed by atoms with Gasteiger partial charge in [0, 0.05) is 10.7 Å². The second kappa shape index (κ2) is 5.78. The van der Waals surface area contributed by atoms with Gasteiger partial charge in [0.05, 0.1) is 15.5 Å². The highest BCUT2D eigenvalue weighted by atomic mass is 79.9. The Bertz CT molecular complexity index is 859. The van der Waals surface area contributed by atoms with E-state index in [1.165, 1.54) is 30.3 Å². The van der Waals surface area contributed by atoms with Crippen LogP contribution in [-0.4, -0.2) is 23.1 Å². The molecule has 21 heavy (non-hydrogen) atoms. The van der Waals surface area contributed by atoms with Gasteiger partial charge in [-0.3, -0.25) is 4.72 Å². The fourth-order valence-electron chi connectivity index (χ4n) is 1.69. The van der Waals surface area contributed by atoms with Crippen LogP contribution in [-0.2, 0) is 19.9 Å². The van der Waals surface area contributed by atoms with E-state index in [-0.39, 0.29) is 15.5 Å². The number of nitrogens with one attached hydrogen (secondary N) is 1. The van der Waals surface area contributed by atoms with E-state index in [1.54, 1.807) is 18.2 Å². The number of halogens is 1. The largest absolute Gasteiger partial charge is 0.278 e. The standard InChI is InChI=1S/C13H12BrNO4S2/c1-20(16,17)13-5-3-2-4-12(13)15-21(18,19)11-8-6-10(14)7-9-11/h2-9,15H,1H3. The quantitative estimate of drug-likeness (QED) is 0.871. The average molecular weight is 390 g/mol. The van der Waals surface area contributed by atoms with E-state index >= 15 is 0 Å². The highest BCUT2D eigenvalue weighted by molar-refractivity contribution is 9.10. The van der Waals surface area contributed by atoms with E-state index in [0.717, 1.165) is 10.7 Å². The fourth-order valence-corrected chi connectivity index (χ4v) is 3.94. The van der Waals surface area contributed by atoms with Crippen LogP contribution in [0.25, 0.3) is 0 Å². The van der Waals surface area contributed by atoms with Gasteiger partial charge in [0.15, 0.2) is 9.84 Å². The zero-order valence-electron chi connectivity index (χ0n) is 10.9. The van der Waals surface area contributed by atoms with Crippen LogP contribution in [0.1, 0.15) is 0 Å². The minimum absolute atomic E-state index is 0.0305. The summed E-state index contributed by atoms with van der Waals surface area (Å²) in [5.74, 6) is 0. The van der Waals surface area contributed by atoms with Gasteiger partial charge in [-0.05, 0) is 36.4 Å². The summed E-state index contributed by atoms with van der Waals surface area (Å²) in [5, 5.41) is 0. The highest BCUT2D eigenvalue weighted by Crippen LogP contribution is 2.24. The molecular weight excluding hydrogens is 378 g/mol. The minimum Gasteiger partial charge on any atom is -0.278 e. The van der Waals surface area contributed by atoms with Crippen molar-refractivity contribution >= 4 is 41.5 Å². The smallest absolute Gasteiger partial charge is 0.261 e. The van der Waals surface area contributed by atoms with Gasteiger partial charge in [-0.15, -0.1) is 0 Å². The van der Waals surface area contributed by atoms with Crippen LogP contribution in [0.4, 0.5) is 5.69 Å². The summed E-state index contributed by atoms with van der Waals surface area (Å²) in [6.45, 7) is 0. The molecule has 112 valence electrons. The molecule has 0 saturated heterocycles. The summed E-state index contributed by atoms with van der Waals surface area (Å²) in [6, 6.07) is 11.9. The van der Waals surface area contributed by atoms with Crippen LogP contribution in [0.15, 0.2) is 62.8 Å². The van der Waals surface area contributed by atoms with Gasteiger partial charge < -0.3 is 0 Å². The molecule has 0 aliphatic carbocycles. The lowest BCUT2D eigenvalue weighted by Gasteiger charge is -2.11. The second-order valence-electron chi connectivity index (χ2n) is 4.33. The first-order valence-electron chi connectivity index (χ1n) is 5.77. The third-order valence-electron chi connectivity index (χ3n) is 2.65. The Morgan fingerprint density at radius 3 is 2.05 bits per heavy atom. The molecule has 0 spiro atoms. The van der Waals surface area contributed by atoms with E-state index < -0.39 is 19.9 Å². The Labute approximate surface area is 132 Å². The molecule has 1 N–H and O–H groups in total. The van der Waals surface area contributed by atoms with Crippen molar-refractivity contribution in [2.24, 2.45) is 0 Å². The summed E-state index contributed by atoms with van der Waals surface area (Å²) >= 11 is 3.22. The first kappa shape index (κ1) is 16.0. The lowest BCUT2D eigenvalue weighted by molar-refractivity contribution is 0.601. The molecule has 0 radical (unpaired) electrons. The normalized spacial score (nSPS) is 12.1. The lowest BCUT2D eigenvalue weighted by Crippen LogP contribution is -2.15.